The van der Waals surface area contributed by atoms with Crippen LogP contribution in [0, 0.1) is 29.5 Å². The highest BCUT2D eigenvalue weighted by Gasteiger charge is 2.18. The minimum atomic E-state index is -0.515. The van der Waals surface area contributed by atoms with Gasteiger partial charge in [0.1, 0.15) is 11.9 Å². The second-order valence-corrected chi connectivity index (χ2v) is 8.34. The van der Waals surface area contributed by atoms with Crippen molar-refractivity contribution in [3.63, 3.8) is 0 Å². The van der Waals surface area contributed by atoms with Gasteiger partial charge in [0.25, 0.3) is 0 Å². The largest absolute Gasteiger partial charge is 0.385 e. The van der Waals surface area contributed by atoms with E-state index in [0.717, 1.165) is 45.1 Å². The molecule has 1 aliphatic heterocycles. The number of rotatable bonds is 4. The molecule has 1 aromatic heterocycles. The Morgan fingerprint density at radius 1 is 1.34 bits per heavy atom. The number of hydrogen-bond acceptors (Lipinski definition) is 5. The number of nitriles is 1. The Hall–Kier alpha value is -3.01. The summed E-state index contributed by atoms with van der Waals surface area (Å²) in [6, 6.07) is 8.88. The van der Waals surface area contributed by atoms with E-state index in [9.17, 15) is 4.39 Å². The molecule has 1 fully saturated rings. The van der Waals surface area contributed by atoms with Gasteiger partial charge in [-0.15, -0.1) is 11.3 Å². The van der Waals surface area contributed by atoms with Gasteiger partial charge < -0.3 is 15.5 Å². The van der Waals surface area contributed by atoms with E-state index in [1.165, 1.54) is 12.1 Å². The summed E-state index contributed by atoms with van der Waals surface area (Å²) in [5.41, 5.74) is 3.94. The number of allylic oxidation sites excluding steroid dienone is 5. The number of thiophene rings is 1. The van der Waals surface area contributed by atoms with Gasteiger partial charge in [0.05, 0.1) is 23.9 Å². The standard InChI is InChI=1S/C23H20FN3OS/c1-14-8-20(15-2-3-17(11-25)21(24)10-15)23(29-14)16-4-5-22(26)18(9-16)12-27-19-6-7-28-13-19/h2-5,8-10,12,19,26-27H,6-7,13H2,1H3/b18-12-,26-22?. The SMILES string of the molecule is Cc1cc(-c2ccc(C#N)c(F)c2)c(C2=C/C(=C/NC3CCOC3)C(=N)C=C2)s1. The van der Waals surface area contributed by atoms with Crippen molar-refractivity contribution < 1.29 is 9.13 Å². The zero-order valence-electron chi connectivity index (χ0n) is 16.0. The van der Waals surface area contributed by atoms with Crippen molar-refractivity contribution in [1.29, 1.82) is 10.7 Å². The number of halogens is 1. The average molecular weight is 405 g/mol. The summed E-state index contributed by atoms with van der Waals surface area (Å²) in [5.74, 6) is -0.515. The number of ether oxygens (including phenoxy) is 1. The Balaban J connectivity index is 1.69. The molecule has 29 heavy (non-hydrogen) atoms. The van der Waals surface area contributed by atoms with E-state index in [0.29, 0.717) is 12.3 Å². The zero-order valence-corrected chi connectivity index (χ0v) is 16.8. The molecule has 2 aliphatic rings. The van der Waals surface area contributed by atoms with Gasteiger partial charge in [0.15, 0.2) is 0 Å². The highest BCUT2D eigenvalue weighted by Crippen LogP contribution is 2.38. The lowest BCUT2D eigenvalue weighted by atomic mass is 9.95. The Morgan fingerprint density at radius 2 is 2.21 bits per heavy atom. The van der Waals surface area contributed by atoms with E-state index in [4.69, 9.17) is 15.4 Å². The zero-order chi connectivity index (χ0) is 20.4. The molecule has 4 nitrogen and oxygen atoms in total. The Kier molecular flexibility index (Phi) is 5.43. The van der Waals surface area contributed by atoms with Crippen molar-refractivity contribution in [3.8, 4) is 17.2 Å². The first kappa shape index (κ1) is 19.3. The number of nitrogens with zero attached hydrogens (tertiary/aromatic N) is 1. The molecule has 2 N–H and O–H groups in total. The summed E-state index contributed by atoms with van der Waals surface area (Å²) in [5, 5.41) is 20.5. The van der Waals surface area contributed by atoms with Gasteiger partial charge in [-0.25, -0.2) is 4.39 Å². The predicted octanol–water partition coefficient (Wildman–Crippen LogP) is 4.97. The van der Waals surface area contributed by atoms with Gasteiger partial charge in [0.2, 0.25) is 0 Å². The monoisotopic (exact) mass is 405 g/mol. The fourth-order valence-corrected chi connectivity index (χ4v) is 4.44. The number of hydrogen-bond donors (Lipinski definition) is 2. The molecular weight excluding hydrogens is 385 g/mol. The van der Waals surface area contributed by atoms with E-state index in [1.54, 1.807) is 23.5 Å². The molecule has 4 rings (SSSR count). The highest BCUT2D eigenvalue weighted by atomic mass is 32.1. The molecule has 2 aromatic rings. The van der Waals surface area contributed by atoms with Crippen molar-refractivity contribution in [2.45, 2.75) is 19.4 Å². The van der Waals surface area contributed by atoms with Crippen LogP contribution in [0.3, 0.4) is 0 Å². The van der Waals surface area contributed by atoms with Crippen LogP contribution < -0.4 is 5.32 Å². The molecule has 0 bridgehead atoms. The molecule has 2 heterocycles. The molecule has 0 radical (unpaired) electrons. The summed E-state index contributed by atoms with van der Waals surface area (Å²) in [7, 11) is 0. The van der Waals surface area contributed by atoms with E-state index >= 15 is 0 Å². The van der Waals surface area contributed by atoms with E-state index in [2.05, 4.69) is 5.32 Å². The molecule has 1 aromatic carbocycles. The van der Waals surface area contributed by atoms with Gasteiger partial charge in [-0.05, 0) is 54.8 Å². The smallest absolute Gasteiger partial charge is 0.141 e. The van der Waals surface area contributed by atoms with Gasteiger partial charge in [-0.3, -0.25) is 0 Å². The predicted molar refractivity (Wildman–Crippen MR) is 114 cm³/mol. The summed E-state index contributed by atoms with van der Waals surface area (Å²) in [4.78, 5) is 2.13. The third kappa shape index (κ3) is 4.07. The first-order valence-electron chi connectivity index (χ1n) is 9.38. The molecule has 1 saturated heterocycles. The minimum absolute atomic E-state index is 0.0414. The molecule has 6 heteroatoms. The fraction of sp³-hybridized carbons (Fsp3) is 0.217. The lowest BCUT2D eigenvalue weighted by molar-refractivity contribution is 0.191. The van der Waals surface area contributed by atoms with Crippen LogP contribution >= 0.6 is 11.3 Å². The van der Waals surface area contributed by atoms with Gasteiger partial charge in [0, 0.05) is 33.7 Å². The van der Waals surface area contributed by atoms with E-state index in [1.807, 2.05) is 37.4 Å². The van der Waals surface area contributed by atoms with E-state index < -0.39 is 5.82 Å². The van der Waals surface area contributed by atoms with Gasteiger partial charge in [-0.1, -0.05) is 12.1 Å². The molecule has 1 aliphatic carbocycles. The molecular formula is C23H20FN3OS. The molecule has 0 amide bonds. The van der Waals surface area contributed by atoms with Gasteiger partial charge in [-0.2, -0.15) is 5.26 Å². The topological polar surface area (TPSA) is 68.9 Å². The first-order valence-corrected chi connectivity index (χ1v) is 10.2. The van der Waals surface area contributed by atoms with Crippen LogP contribution in [0.25, 0.3) is 16.7 Å². The molecule has 0 spiro atoms. The van der Waals surface area contributed by atoms with Crippen molar-refractivity contribution in [2.75, 3.05) is 13.2 Å². The second kappa shape index (κ2) is 8.16. The van der Waals surface area contributed by atoms with Crippen molar-refractivity contribution in [1.82, 2.24) is 5.32 Å². The maximum Gasteiger partial charge on any atom is 0.141 e. The van der Waals surface area contributed by atoms with Crippen LogP contribution in [-0.4, -0.2) is 25.0 Å². The highest BCUT2D eigenvalue weighted by molar-refractivity contribution is 7.13. The summed E-state index contributed by atoms with van der Waals surface area (Å²) in [6.07, 6.45) is 8.54. The van der Waals surface area contributed by atoms with Crippen molar-refractivity contribution in [3.05, 3.63) is 75.4 Å². The quantitative estimate of drug-likeness (QED) is 0.755. The first-order chi connectivity index (χ1) is 14.0. The van der Waals surface area contributed by atoms with Crippen LogP contribution in [0.2, 0.25) is 0 Å². The number of aryl methyl sites for hydroxylation is 1. The van der Waals surface area contributed by atoms with Crippen LogP contribution in [0.15, 0.2) is 54.3 Å². The van der Waals surface area contributed by atoms with Crippen LogP contribution in [-0.2, 0) is 4.74 Å². The Morgan fingerprint density at radius 3 is 2.93 bits per heavy atom. The van der Waals surface area contributed by atoms with Crippen LogP contribution in [0.4, 0.5) is 4.39 Å². The third-order valence-corrected chi connectivity index (χ3v) is 6.07. The number of nitrogens with one attached hydrogen (secondary N) is 2. The third-order valence-electron chi connectivity index (χ3n) is 4.97. The lowest BCUT2D eigenvalue weighted by Gasteiger charge is -2.14. The summed E-state index contributed by atoms with van der Waals surface area (Å²) < 4.78 is 19.6. The Labute approximate surface area is 173 Å². The van der Waals surface area contributed by atoms with Crippen LogP contribution in [0.5, 0.6) is 0 Å². The van der Waals surface area contributed by atoms with E-state index in [-0.39, 0.29) is 11.6 Å². The summed E-state index contributed by atoms with van der Waals surface area (Å²) in [6.45, 7) is 3.46. The molecule has 0 saturated carbocycles. The molecule has 1 unspecified atom stereocenters. The number of benzene rings is 1. The normalized spacial score (nSPS) is 20.0. The maximum atomic E-state index is 14.2. The summed E-state index contributed by atoms with van der Waals surface area (Å²) >= 11 is 1.63. The van der Waals surface area contributed by atoms with Crippen LogP contribution in [0.1, 0.15) is 21.7 Å². The Bertz CT molecular complexity index is 1100. The maximum absolute atomic E-state index is 14.2. The lowest BCUT2D eigenvalue weighted by Crippen LogP contribution is -2.25. The minimum Gasteiger partial charge on any atom is -0.385 e. The molecule has 1 atom stereocenters. The van der Waals surface area contributed by atoms with Gasteiger partial charge >= 0.3 is 0 Å². The fourth-order valence-electron chi connectivity index (χ4n) is 3.41. The molecule has 146 valence electrons. The average Bonchev–Trinajstić information content (AvgIpc) is 3.37. The van der Waals surface area contributed by atoms with Crippen molar-refractivity contribution in [2.24, 2.45) is 0 Å². The second-order valence-electron chi connectivity index (χ2n) is 7.08. The van der Waals surface area contributed by atoms with Crippen molar-refractivity contribution >= 4 is 22.6 Å².